The van der Waals surface area contributed by atoms with Crippen molar-refractivity contribution in [3.63, 3.8) is 0 Å². The Balaban J connectivity index is 1.98. The lowest BCUT2D eigenvalue weighted by Gasteiger charge is -2.42. The summed E-state index contributed by atoms with van der Waals surface area (Å²) < 4.78 is 13.7. The molecule has 0 bridgehead atoms. The monoisotopic (exact) mass is 261 g/mol. The van der Waals surface area contributed by atoms with Crippen LogP contribution < -0.4 is 0 Å². The molecule has 0 amide bonds. The number of nitrogens with zero attached hydrogens (tertiary/aromatic N) is 1. The van der Waals surface area contributed by atoms with Crippen molar-refractivity contribution in [3.05, 3.63) is 35.6 Å². The SMILES string of the molecule is Fc1cccc(C2(N3CCCC3)CCCCCC2)c1. The Morgan fingerprint density at radius 1 is 0.895 bits per heavy atom. The molecule has 0 N–H and O–H groups in total. The van der Waals surface area contributed by atoms with Crippen molar-refractivity contribution in [3.8, 4) is 0 Å². The zero-order valence-electron chi connectivity index (χ0n) is 11.7. The number of halogens is 1. The van der Waals surface area contributed by atoms with Crippen LogP contribution >= 0.6 is 0 Å². The van der Waals surface area contributed by atoms with Gasteiger partial charge in [0.1, 0.15) is 5.82 Å². The van der Waals surface area contributed by atoms with Crippen LogP contribution in [0.5, 0.6) is 0 Å². The van der Waals surface area contributed by atoms with E-state index in [1.165, 1.54) is 70.0 Å². The molecule has 0 aromatic heterocycles. The first kappa shape index (κ1) is 13.1. The smallest absolute Gasteiger partial charge is 0.123 e. The minimum Gasteiger partial charge on any atom is -0.294 e. The molecule has 0 spiro atoms. The lowest BCUT2D eigenvalue weighted by Crippen LogP contribution is -2.44. The molecule has 104 valence electrons. The van der Waals surface area contributed by atoms with Crippen molar-refractivity contribution in [2.24, 2.45) is 0 Å². The summed E-state index contributed by atoms with van der Waals surface area (Å²) in [5.41, 5.74) is 1.34. The molecule has 1 saturated carbocycles. The predicted molar refractivity (Wildman–Crippen MR) is 76.6 cm³/mol. The first-order valence-electron chi connectivity index (χ1n) is 7.82. The fourth-order valence-corrected chi connectivity index (χ4v) is 4.02. The minimum absolute atomic E-state index is 0.0830. The second kappa shape index (κ2) is 5.62. The van der Waals surface area contributed by atoms with E-state index in [0.29, 0.717) is 0 Å². The van der Waals surface area contributed by atoms with Gasteiger partial charge >= 0.3 is 0 Å². The van der Waals surface area contributed by atoms with E-state index in [1.807, 2.05) is 6.07 Å². The van der Waals surface area contributed by atoms with Crippen molar-refractivity contribution >= 4 is 0 Å². The summed E-state index contributed by atoms with van der Waals surface area (Å²) in [5.74, 6) is -0.0830. The molecule has 1 aromatic carbocycles. The standard InChI is InChI=1S/C17H24FN/c18-16-9-7-8-15(14-16)17(19-12-5-6-13-19)10-3-1-2-4-11-17/h7-9,14H,1-6,10-13H2. The van der Waals surface area contributed by atoms with Gasteiger partial charge < -0.3 is 0 Å². The maximum Gasteiger partial charge on any atom is 0.123 e. The van der Waals surface area contributed by atoms with Gasteiger partial charge in [-0.1, -0.05) is 37.8 Å². The summed E-state index contributed by atoms with van der Waals surface area (Å²) in [4.78, 5) is 2.65. The lowest BCUT2D eigenvalue weighted by atomic mass is 9.81. The first-order chi connectivity index (χ1) is 9.31. The van der Waals surface area contributed by atoms with Gasteiger partial charge in [-0.05, 0) is 56.5 Å². The van der Waals surface area contributed by atoms with E-state index in [-0.39, 0.29) is 11.4 Å². The van der Waals surface area contributed by atoms with E-state index in [9.17, 15) is 4.39 Å². The third-order valence-corrected chi connectivity index (χ3v) is 5.00. The molecule has 2 aliphatic rings. The van der Waals surface area contributed by atoms with Crippen LogP contribution in [0.15, 0.2) is 24.3 Å². The van der Waals surface area contributed by atoms with Gasteiger partial charge in [0.2, 0.25) is 0 Å². The molecule has 0 atom stereocenters. The topological polar surface area (TPSA) is 3.24 Å². The van der Waals surface area contributed by atoms with Crippen LogP contribution in [0.3, 0.4) is 0 Å². The molecular weight excluding hydrogens is 237 g/mol. The number of benzene rings is 1. The van der Waals surface area contributed by atoms with Crippen LogP contribution in [0.2, 0.25) is 0 Å². The van der Waals surface area contributed by atoms with Crippen LogP contribution in [-0.4, -0.2) is 18.0 Å². The van der Waals surface area contributed by atoms with Gasteiger partial charge in [0, 0.05) is 5.54 Å². The quantitative estimate of drug-likeness (QED) is 0.710. The van der Waals surface area contributed by atoms with Gasteiger partial charge in [0.05, 0.1) is 0 Å². The van der Waals surface area contributed by atoms with E-state index in [1.54, 1.807) is 12.1 Å². The van der Waals surface area contributed by atoms with E-state index in [0.717, 1.165) is 0 Å². The lowest BCUT2D eigenvalue weighted by molar-refractivity contribution is 0.0953. The van der Waals surface area contributed by atoms with Crippen molar-refractivity contribution in [1.29, 1.82) is 0 Å². The fraction of sp³-hybridized carbons (Fsp3) is 0.647. The molecule has 1 saturated heterocycles. The molecule has 2 heteroatoms. The van der Waals surface area contributed by atoms with Gasteiger partial charge in [-0.2, -0.15) is 0 Å². The summed E-state index contributed by atoms with van der Waals surface area (Å²) in [7, 11) is 0. The van der Waals surface area contributed by atoms with Gasteiger partial charge in [0.25, 0.3) is 0 Å². The Labute approximate surface area is 115 Å². The molecule has 1 aliphatic heterocycles. The average molecular weight is 261 g/mol. The van der Waals surface area contributed by atoms with Gasteiger partial charge in [-0.25, -0.2) is 4.39 Å². The molecule has 1 heterocycles. The highest BCUT2D eigenvalue weighted by molar-refractivity contribution is 5.26. The van der Waals surface area contributed by atoms with Gasteiger partial charge in [-0.3, -0.25) is 4.90 Å². The van der Waals surface area contributed by atoms with E-state index >= 15 is 0 Å². The van der Waals surface area contributed by atoms with Crippen molar-refractivity contribution in [1.82, 2.24) is 4.90 Å². The van der Waals surface area contributed by atoms with Crippen LogP contribution in [-0.2, 0) is 5.54 Å². The normalized spacial score (nSPS) is 24.3. The molecule has 19 heavy (non-hydrogen) atoms. The zero-order chi connectivity index (χ0) is 13.1. The Kier molecular flexibility index (Phi) is 3.88. The highest BCUT2D eigenvalue weighted by Gasteiger charge is 2.39. The zero-order valence-corrected chi connectivity index (χ0v) is 11.7. The molecule has 0 radical (unpaired) electrons. The van der Waals surface area contributed by atoms with Crippen LogP contribution in [0.4, 0.5) is 4.39 Å². The summed E-state index contributed by atoms with van der Waals surface area (Å²) in [6.07, 6.45) is 10.3. The number of hydrogen-bond acceptors (Lipinski definition) is 1. The maximum absolute atomic E-state index is 13.7. The minimum atomic E-state index is -0.0830. The maximum atomic E-state index is 13.7. The largest absolute Gasteiger partial charge is 0.294 e. The Morgan fingerprint density at radius 2 is 1.58 bits per heavy atom. The molecule has 1 nitrogen and oxygen atoms in total. The molecular formula is C17H24FN. The van der Waals surface area contributed by atoms with Gasteiger partial charge in [-0.15, -0.1) is 0 Å². The highest BCUT2D eigenvalue weighted by atomic mass is 19.1. The summed E-state index contributed by atoms with van der Waals surface area (Å²) in [6.45, 7) is 2.38. The number of hydrogen-bond donors (Lipinski definition) is 0. The second-order valence-electron chi connectivity index (χ2n) is 6.15. The average Bonchev–Trinajstić information content (AvgIpc) is 2.84. The van der Waals surface area contributed by atoms with E-state index in [2.05, 4.69) is 11.0 Å². The Hall–Kier alpha value is -0.890. The van der Waals surface area contributed by atoms with E-state index in [4.69, 9.17) is 0 Å². The molecule has 1 aromatic rings. The van der Waals surface area contributed by atoms with E-state index < -0.39 is 0 Å². The van der Waals surface area contributed by atoms with Crippen molar-refractivity contribution < 1.29 is 4.39 Å². The molecule has 3 rings (SSSR count). The van der Waals surface area contributed by atoms with Gasteiger partial charge in [0.15, 0.2) is 0 Å². The Morgan fingerprint density at radius 3 is 2.21 bits per heavy atom. The third kappa shape index (κ3) is 2.55. The molecule has 1 aliphatic carbocycles. The third-order valence-electron chi connectivity index (χ3n) is 5.00. The second-order valence-corrected chi connectivity index (χ2v) is 6.15. The molecule has 2 fully saturated rings. The molecule has 0 unspecified atom stereocenters. The summed E-state index contributed by atoms with van der Waals surface area (Å²) in [6, 6.07) is 7.38. The summed E-state index contributed by atoms with van der Waals surface area (Å²) >= 11 is 0. The predicted octanol–water partition coefficient (Wildman–Crippen LogP) is 4.47. The highest BCUT2D eigenvalue weighted by Crippen LogP contribution is 2.43. The van der Waals surface area contributed by atoms with Crippen LogP contribution in [0.1, 0.15) is 56.9 Å². The summed E-state index contributed by atoms with van der Waals surface area (Å²) in [5, 5.41) is 0. The van der Waals surface area contributed by atoms with Crippen molar-refractivity contribution in [2.45, 2.75) is 56.9 Å². The fourth-order valence-electron chi connectivity index (χ4n) is 4.02. The number of likely N-dealkylation sites (tertiary alicyclic amines) is 1. The first-order valence-corrected chi connectivity index (χ1v) is 7.82. The Bertz CT molecular complexity index is 415. The van der Waals surface area contributed by atoms with Crippen molar-refractivity contribution in [2.75, 3.05) is 13.1 Å². The van der Waals surface area contributed by atoms with Crippen LogP contribution in [0, 0.1) is 5.82 Å². The van der Waals surface area contributed by atoms with Crippen LogP contribution in [0.25, 0.3) is 0 Å². The number of rotatable bonds is 2.